The van der Waals surface area contributed by atoms with Gasteiger partial charge in [-0.05, 0) is 18.6 Å². The molecule has 92 valence electrons. The van der Waals surface area contributed by atoms with Gasteiger partial charge in [0.2, 0.25) is 10.0 Å². The second-order valence-corrected chi connectivity index (χ2v) is 5.10. The second kappa shape index (κ2) is 5.60. The van der Waals surface area contributed by atoms with Crippen LogP contribution in [-0.4, -0.2) is 20.9 Å². The number of hydrogen-bond acceptors (Lipinski definition) is 4. The van der Waals surface area contributed by atoms with Crippen molar-refractivity contribution in [3.05, 3.63) is 40.8 Å². The number of aliphatic carboxylic acids is 1. The van der Waals surface area contributed by atoms with Crippen LogP contribution in [0.5, 0.6) is 0 Å². The quantitative estimate of drug-likeness (QED) is 0.777. The second-order valence-electron chi connectivity index (χ2n) is 3.45. The lowest BCUT2D eigenvalue weighted by atomic mass is 10.2. The van der Waals surface area contributed by atoms with Gasteiger partial charge in [-0.2, -0.15) is 0 Å². The highest BCUT2D eigenvalue weighted by molar-refractivity contribution is 7.92. The first-order valence-corrected chi connectivity index (χ1v) is 6.38. The van der Waals surface area contributed by atoms with Gasteiger partial charge in [0.05, 0.1) is 12.5 Å². The van der Waals surface area contributed by atoms with Crippen LogP contribution in [0.4, 0.5) is 0 Å². The third kappa shape index (κ3) is 5.28. The number of carboxylic acid groups (broad SMARTS) is 1. The summed E-state index contributed by atoms with van der Waals surface area (Å²) in [6, 6.07) is 7.22. The number of benzene rings is 1. The molecule has 0 amide bonds. The largest absolute Gasteiger partial charge is 0.549 e. The Balaban J connectivity index is 2.70. The molecular weight excluding hydrogens is 242 g/mol. The van der Waals surface area contributed by atoms with Crippen molar-refractivity contribution >= 4 is 22.1 Å². The van der Waals surface area contributed by atoms with Crippen LogP contribution in [0.1, 0.15) is 11.1 Å². The van der Waals surface area contributed by atoms with Crippen LogP contribution in [0.2, 0.25) is 0 Å². The third-order valence-corrected chi connectivity index (χ3v) is 2.98. The Morgan fingerprint density at radius 1 is 1.35 bits per heavy atom. The lowest BCUT2D eigenvalue weighted by Gasteiger charge is -2.02. The van der Waals surface area contributed by atoms with Gasteiger partial charge in [-0.15, -0.1) is 0 Å². The van der Waals surface area contributed by atoms with Crippen LogP contribution >= 0.6 is 0 Å². The van der Waals surface area contributed by atoms with Gasteiger partial charge in [0, 0.05) is 5.41 Å². The van der Waals surface area contributed by atoms with Gasteiger partial charge in [-0.1, -0.05) is 29.8 Å². The van der Waals surface area contributed by atoms with Crippen LogP contribution in [0.25, 0.3) is 6.08 Å². The van der Waals surface area contributed by atoms with E-state index < -0.39 is 22.5 Å². The number of hydrogen-bond donors (Lipinski definition) is 1. The molecule has 1 aromatic rings. The van der Waals surface area contributed by atoms with Crippen LogP contribution in [0.3, 0.4) is 0 Å². The van der Waals surface area contributed by atoms with E-state index in [2.05, 4.69) is 0 Å². The van der Waals surface area contributed by atoms with E-state index in [9.17, 15) is 18.3 Å². The maximum Gasteiger partial charge on any atom is 0.234 e. The smallest absolute Gasteiger partial charge is 0.234 e. The maximum atomic E-state index is 11.3. The molecule has 0 aromatic heterocycles. The highest BCUT2D eigenvalue weighted by atomic mass is 32.2. The Kier molecular flexibility index (Phi) is 4.42. The fourth-order valence-corrected chi connectivity index (χ4v) is 1.80. The molecule has 0 aliphatic carbocycles. The summed E-state index contributed by atoms with van der Waals surface area (Å²) in [7, 11) is -3.74. The number of nitrogens with one attached hydrogen (secondary N) is 1. The fraction of sp³-hybridized carbons (Fsp3) is 0.182. The molecule has 17 heavy (non-hydrogen) atoms. The normalized spacial score (nSPS) is 11.8. The fourth-order valence-electron chi connectivity index (χ4n) is 1.05. The molecule has 6 heteroatoms. The van der Waals surface area contributed by atoms with Gasteiger partial charge in [0.1, 0.15) is 0 Å². The molecule has 1 rings (SSSR count). The Morgan fingerprint density at radius 3 is 2.47 bits per heavy atom. The summed E-state index contributed by atoms with van der Waals surface area (Å²) in [5, 5.41) is 11.0. The van der Waals surface area contributed by atoms with Gasteiger partial charge < -0.3 is 9.90 Å². The third-order valence-electron chi connectivity index (χ3n) is 1.93. The van der Waals surface area contributed by atoms with Crippen molar-refractivity contribution < 1.29 is 18.3 Å². The molecule has 0 aliphatic rings. The molecule has 0 aliphatic heterocycles. The minimum atomic E-state index is -3.74. The molecule has 0 saturated heterocycles. The monoisotopic (exact) mass is 254 g/mol. The standard InChI is InChI=1S/C11H13NO4S/c1-9-2-4-10(5-3-9)6-7-17(15,16)12-8-11(13)14/h2-7,12H,8H2,1H3,(H,13,14)/p-1/b7-6+. The van der Waals surface area contributed by atoms with Crippen molar-refractivity contribution in [1.82, 2.24) is 4.72 Å². The minimum absolute atomic E-state index is 0.717. The first-order chi connectivity index (χ1) is 7.89. The maximum absolute atomic E-state index is 11.3. The van der Waals surface area contributed by atoms with E-state index in [0.29, 0.717) is 0 Å². The molecule has 0 saturated carbocycles. The van der Waals surface area contributed by atoms with Crippen molar-refractivity contribution in [2.75, 3.05) is 6.54 Å². The van der Waals surface area contributed by atoms with E-state index in [0.717, 1.165) is 16.5 Å². The Labute approximate surface area is 99.8 Å². The molecule has 0 heterocycles. The lowest BCUT2D eigenvalue weighted by molar-refractivity contribution is -0.303. The number of sulfonamides is 1. The average Bonchev–Trinajstić information content (AvgIpc) is 2.26. The number of carbonyl (C=O) groups is 1. The minimum Gasteiger partial charge on any atom is -0.549 e. The first-order valence-electron chi connectivity index (χ1n) is 4.83. The average molecular weight is 254 g/mol. The summed E-state index contributed by atoms with van der Waals surface area (Å²) in [5.41, 5.74) is 1.79. The molecule has 5 nitrogen and oxygen atoms in total. The molecule has 0 bridgehead atoms. The number of aryl methyl sites for hydroxylation is 1. The Morgan fingerprint density at radius 2 is 1.94 bits per heavy atom. The first kappa shape index (κ1) is 13.4. The van der Waals surface area contributed by atoms with Crippen LogP contribution in [0.15, 0.2) is 29.7 Å². The molecule has 0 atom stereocenters. The molecule has 0 unspecified atom stereocenters. The van der Waals surface area contributed by atoms with Crippen molar-refractivity contribution in [1.29, 1.82) is 0 Å². The lowest BCUT2D eigenvalue weighted by Crippen LogP contribution is -2.36. The van der Waals surface area contributed by atoms with E-state index in [-0.39, 0.29) is 0 Å². The summed E-state index contributed by atoms with van der Waals surface area (Å²) in [4.78, 5) is 10.1. The highest BCUT2D eigenvalue weighted by Gasteiger charge is 2.03. The number of rotatable bonds is 5. The van der Waals surface area contributed by atoms with Crippen molar-refractivity contribution in [2.24, 2.45) is 0 Å². The summed E-state index contributed by atoms with van der Waals surface area (Å²) < 4.78 is 24.4. The van der Waals surface area contributed by atoms with Crippen LogP contribution in [0, 0.1) is 6.92 Å². The van der Waals surface area contributed by atoms with Crippen molar-refractivity contribution in [3.63, 3.8) is 0 Å². The Bertz CT molecular complexity index is 517. The topological polar surface area (TPSA) is 86.3 Å². The molecule has 0 spiro atoms. The molecular formula is C11H12NO4S-. The van der Waals surface area contributed by atoms with E-state index in [1.165, 1.54) is 6.08 Å². The Hall–Kier alpha value is -1.66. The van der Waals surface area contributed by atoms with Gasteiger partial charge in [0.15, 0.2) is 0 Å². The van der Waals surface area contributed by atoms with E-state index in [1.807, 2.05) is 23.8 Å². The summed E-state index contributed by atoms with van der Waals surface area (Å²) >= 11 is 0. The number of carboxylic acids is 1. The van der Waals surface area contributed by atoms with Crippen LogP contribution < -0.4 is 9.83 Å². The zero-order valence-electron chi connectivity index (χ0n) is 9.21. The van der Waals surface area contributed by atoms with E-state index >= 15 is 0 Å². The van der Waals surface area contributed by atoms with Gasteiger partial charge >= 0.3 is 0 Å². The molecule has 0 radical (unpaired) electrons. The van der Waals surface area contributed by atoms with Gasteiger partial charge in [0.25, 0.3) is 0 Å². The summed E-state index contributed by atoms with van der Waals surface area (Å²) in [5.74, 6) is -1.47. The van der Waals surface area contributed by atoms with E-state index in [4.69, 9.17) is 0 Å². The van der Waals surface area contributed by atoms with Crippen molar-refractivity contribution in [2.45, 2.75) is 6.92 Å². The SMILES string of the molecule is Cc1ccc(/C=C/S(=O)(=O)NCC(=O)[O-])cc1. The van der Waals surface area contributed by atoms with E-state index in [1.54, 1.807) is 12.1 Å². The van der Waals surface area contributed by atoms with Gasteiger partial charge in [-0.25, -0.2) is 13.1 Å². The predicted molar refractivity (Wildman–Crippen MR) is 62.1 cm³/mol. The molecule has 1 aromatic carbocycles. The zero-order chi connectivity index (χ0) is 12.9. The van der Waals surface area contributed by atoms with Crippen molar-refractivity contribution in [3.8, 4) is 0 Å². The highest BCUT2D eigenvalue weighted by Crippen LogP contribution is 2.05. The van der Waals surface area contributed by atoms with Gasteiger partial charge in [-0.3, -0.25) is 0 Å². The zero-order valence-corrected chi connectivity index (χ0v) is 10.0. The summed E-state index contributed by atoms with van der Waals surface area (Å²) in [6.45, 7) is 1.19. The summed E-state index contributed by atoms with van der Waals surface area (Å²) in [6.07, 6.45) is 1.39. The molecule has 0 fully saturated rings. The predicted octanol–water partition coefficient (Wildman–Crippen LogP) is -0.365. The van der Waals surface area contributed by atoms with Crippen LogP contribution in [-0.2, 0) is 14.8 Å². The molecule has 1 N–H and O–H groups in total. The number of carbonyl (C=O) groups excluding carboxylic acids is 1.